The number of nitrogens with one attached hydrogen (secondary N) is 2. The molecule has 3 rings (SSSR count). The molecule has 1 aromatic heterocycles. The van der Waals surface area contributed by atoms with Gasteiger partial charge >= 0.3 is 0 Å². The summed E-state index contributed by atoms with van der Waals surface area (Å²) in [5.74, 6) is 0.829. The monoisotopic (exact) mass is 560 g/mol. The lowest BCUT2D eigenvalue weighted by molar-refractivity contribution is 0.0532. The first-order valence-corrected chi connectivity index (χ1v) is 11.0. The molecule has 31 heavy (non-hydrogen) atoms. The molecule has 0 spiro atoms. The number of guanidine groups is 1. The van der Waals surface area contributed by atoms with Gasteiger partial charge in [0.25, 0.3) is 0 Å². The molecule has 0 bridgehead atoms. The molecule has 0 amide bonds. The van der Waals surface area contributed by atoms with E-state index >= 15 is 0 Å². The third kappa shape index (κ3) is 8.59. The molecule has 1 fully saturated rings. The van der Waals surface area contributed by atoms with Gasteiger partial charge in [0.15, 0.2) is 5.96 Å². The molecule has 1 aliphatic rings. The lowest BCUT2D eigenvalue weighted by Crippen LogP contribution is -2.48. The molecule has 7 nitrogen and oxygen atoms in total. The molecular formula is C22H34ClIN6O. The highest BCUT2D eigenvalue weighted by molar-refractivity contribution is 14.0. The van der Waals surface area contributed by atoms with Gasteiger partial charge in [-0.05, 0) is 51.0 Å². The quantitative estimate of drug-likeness (QED) is 0.293. The topological polar surface area (TPSA) is 66.7 Å². The number of halogens is 2. The number of nitrogens with zero attached hydrogens (tertiary/aromatic N) is 4. The molecular weight excluding hydrogens is 527 g/mol. The summed E-state index contributed by atoms with van der Waals surface area (Å²) in [6, 6.07) is 8.08. The van der Waals surface area contributed by atoms with E-state index in [-0.39, 0.29) is 24.0 Å². The number of aromatic nitrogens is 2. The second kappa shape index (κ2) is 13.2. The average Bonchev–Trinajstić information content (AvgIpc) is 3.21. The van der Waals surface area contributed by atoms with E-state index in [0.29, 0.717) is 18.7 Å². The fraction of sp³-hybridized carbons (Fsp3) is 0.545. The van der Waals surface area contributed by atoms with E-state index in [1.807, 2.05) is 48.4 Å². The number of aliphatic imine (C=N–C) groups is 1. The molecule has 0 aliphatic carbocycles. The van der Waals surface area contributed by atoms with Crippen LogP contribution in [0.1, 0.15) is 32.3 Å². The molecule has 9 heteroatoms. The second-order valence-corrected chi connectivity index (χ2v) is 8.31. The van der Waals surface area contributed by atoms with Crippen LogP contribution >= 0.6 is 35.6 Å². The van der Waals surface area contributed by atoms with Gasteiger partial charge in [0.2, 0.25) is 0 Å². The van der Waals surface area contributed by atoms with E-state index in [9.17, 15) is 0 Å². The Bertz CT molecular complexity index is 803. The fourth-order valence-corrected chi connectivity index (χ4v) is 3.60. The molecule has 1 aromatic carbocycles. The van der Waals surface area contributed by atoms with Gasteiger partial charge in [-0.1, -0.05) is 11.6 Å². The van der Waals surface area contributed by atoms with Crippen molar-refractivity contribution in [1.82, 2.24) is 25.3 Å². The van der Waals surface area contributed by atoms with Crippen molar-refractivity contribution < 1.29 is 4.74 Å². The largest absolute Gasteiger partial charge is 0.377 e. The summed E-state index contributed by atoms with van der Waals surface area (Å²) >= 11 is 5.96. The number of likely N-dealkylation sites (tertiary alicyclic amines) is 1. The van der Waals surface area contributed by atoms with Crippen LogP contribution in [0.4, 0.5) is 0 Å². The van der Waals surface area contributed by atoms with E-state index < -0.39 is 0 Å². The van der Waals surface area contributed by atoms with Crippen LogP contribution in [0.2, 0.25) is 5.02 Å². The first kappa shape index (κ1) is 25.9. The third-order valence-electron chi connectivity index (χ3n) is 5.20. The van der Waals surface area contributed by atoms with Gasteiger partial charge in [-0.3, -0.25) is 4.99 Å². The zero-order chi connectivity index (χ0) is 21.3. The molecule has 0 atom stereocenters. The van der Waals surface area contributed by atoms with E-state index in [0.717, 1.165) is 61.3 Å². The van der Waals surface area contributed by atoms with Crippen LogP contribution in [0.15, 0.2) is 41.7 Å². The van der Waals surface area contributed by atoms with Crippen LogP contribution in [0.3, 0.4) is 0 Å². The first-order chi connectivity index (χ1) is 14.5. The Morgan fingerprint density at radius 3 is 2.61 bits per heavy atom. The lowest BCUT2D eigenvalue weighted by Gasteiger charge is -2.33. The summed E-state index contributed by atoms with van der Waals surface area (Å²) in [5, 5.41) is 12.1. The summed E-state index contributed by atoms with van der Waals surface area (Å²) in [7, 11) is 1.81. The SMILES string of the molecule is CN=C(NCc1cnn(-c2ccc(Cl)cc2)c1)NC1CCN(CCOC(C)C)CC1.I. The summed E-state index contributed by atoms with van der Waals surface area (Å²) in [6.07, 6.45) is 6.40. The van der Waals surface area contributed by atoms with Crippen molar-refractivity contribution in [3.8, 4) is 5.69 Å². The van der Waals surface area contributed by atoms with Crippen LogP contribution in [0.5, 0.6) is 0 Å². The summed E-state index contributed by atoms with van der Waals surface area (Å²) in [5.41, 5.74) is 2.08. The molecule has 2 aromatic rings. The summed E-state index contributed by atoms with van der Waals surface area (Å²) in [6.45, 7) is 8.82. The average molecular weight is 561 g/mol. The van der Waals surface area contributed by atoms with Gasteiger partial charge in [-0.2, -0.15) is 5.10 Å². The maximum atomic E-state index is 5.96. The van der Waals surface area contributed by atoms with Crippen molar-refractivity contribution in [3.63, 3.8) is 0 Å². The minimum atomic E-state index is 0. The van der Waals surface area contributed by atoms with Crippen LogP contribution in [0.25, 0.3) is 5.69 Å². The van der Waals surface area contributed by atoms with E-state index in [2.05, 4.69) is 39.5 Å². The molecule has 1 saturated heterocycles. The standard InChI is InChI=1S/C22H33ClN6O.HI/c1-17(2)30-13-12-28-10-8-20(9-11-28)27-22(24-3)25-14-18-15-26-29(16-18)21-6-4-19(23)5-7-21;/h4-7,15-17,20H,8-14H2,1-3H3,(H2,24,25,27);1H. The van der Waals surface area contributed by atoms with Crippen molar-refractivity contribution in [2.24, 2.45) is 4.99 Å². The van der Waals surface area contributed by atoms with Gasteiger partial charge in [0.1, 0.15) is 0 Å². The Balaban J connectivity index is 0.00000341. The van der Waals surface area contributed by atoms with Crippen molar-refractivity contribution in [2.75, 3.05) is 33.3 Å². The Kier molecular flexibility index (Phi) is 11.1. The highest BCUT2D eigenvalue weighted by Crippen LogP contribution is 2.13. The van der Waals surface area contributed by atoms with Crippen molar-refractivity contribution in [2.45, 2.75) is 45.4 Å². The molecule has 2 N–H and O–H groups in total. The Morgan fingerprint density at radius 2 is 1.97 bits per heavy atom. The Morgan fingerprint density at radius 1 is 1.26 bits per heavy atom. The summed E-state index contributed by atoms with van der Waals surface area (Å²) in [4.78, 5) is 6.85. The highest BCUT2D eigenvalue weighted by atomic mass is 127. The lowest BCUT2D eigenvalue weighted by atomic mass is 10.1. The van der Waals surface area contributed by atoms with Gasteiger partial charge in [0, 0.05) is 56.1 Å². The Labute approximate surface area is 207 Å². The maximum absolute atomic E-state index is 5.96. The minimum absolute atomic E-state index is 0. The van der Waals surface area contributed by atoms with Crippen LogP contribution < -0.4 is 10.6 Å². The van der Waals surface area contributed by atoms with Gasteiger partial charge < -0.3 is 20.3 Å². The number of hydrogen-bond acceptors (Lipinski definition) is 4. The maximum Gasteiger partial charge on any atom is 0.191 e. The fourth-order valence-electron chi connectivity index (χ4n) is 3.48. The highest BCUT2D eigenvalue weighted by Gasteiger charge is 2.19. The van der Waals surface area contributed by atoms with Crippen molar-refractivity contribution in [3.05, 3.63) is 47.2 Å². The predicted octanol–water partition coefficient (Wildman–Crippen LogP) is 3.70. The van der Waals surface area contributed by atoms with Crippen LogP contribution in [-0.4, -0.2) is 66.1 Å². The molecule has 172 valence electrons. The Hall–Kier alpha value is -1.36. The van der Waals surface area contributed by atoms with Crippen molar-refractivity contribution in [1.29, 1.82) is 0 Å². The molecule has 1 aliphatic heterocycles. The predicted molar refractivity (Wildman–Crippen MR) is 138 cm³/mol. The van der Waals surface area contributed by atoms with Gasteiger partial charge in [-0.25, -0.2) is 4.68 Å². The molecule has 0 radical (unpaired) electrons. The van der Waals surface area contributed by atoms with Crippen LogP contribution in [-0.2, 0) is 11.3 Å². The zero-order valence-corrected chi connectivity index (χ0v) is 21.6. The zero-order valence-electron chi connectivity index (χ0n) is 18.6. The number of hydrogen-bond donors (Lipinski definition) is 2. The van der Waals surface area contributed by atoms with Gasteiger partial charge in [-0.15, -0.1) is 24.0 Å². The minimum Gasteiger partial charge on any atom is -0.377 e. The number of rotatable bonds is 8. The molecule has 0 saturated carbocycles. The third-order valence-corrected chi connectivity index (χ3v) is 5.45. The van der Waals surface area contributed by atoms with E-state index in [4.69, 9.17) is 16.3 Å². The smallest absolute Gasteiger partial charge is 0.191 e. The molecule has 0 unspecified atom stereocenters. The summed E-state index contributed by atoms with van der Waals surface area (Å²) < 4.78 is 7.51. The second-order valence-electron chi connectivity index (χ2n) is 7.88. The van der Waals surface area contributed by atoms with E-state index in [1.165, 1.54) is 0 Å². The van der Waals surface area contributed by atoms with Crippen molar-refractivity contribution >= 4 is 41.5 Å². The van der Waals surface area contributed by atoms with Gasteiger partial charge in [0.05, 0.1) is 24.6 Å². The number of benzene rings is 1. The number of piperidine rings is 1. The normalized spacial score (nSPS) is 15.7. The van der Waals surface area contributed by atoms with Crippen LogP contribution in [0, 0.1) is 0 Å². The van der Waals surface area contributed by atoms with E-state index in [1.54, 1.807) is 0 Å². The first-order valence-electron chi connectivity index (χ1n) is 10.6. The molecule has 2 heterocycles. The number of ether oxygens (including phenoxy) is 1.